The summed E-state index contributed by atoms with van der Waals surface area (Å²) in [6, 6.07) is 11.0. The molecule has 0 radical (unpaired) electrons. The molecule has 0 aliphatic heterocycles. The molecule has 1 aliphatic carbocycles. The van der Waals surface area contributed by atoms with Gasteiger partial charge in [0.2, 0.25) is 0 Å². The minimum absolute atomic E-state index is 0.188. The molecular formula is C21H19BrN2O3S. The molecule has 5 nitrogen and oxygen atoms in total. The first kappa shape index (κ1) is 19.0. The Labute approximate surface area is 175 Å². The topological polar surface area (TPSA) is 85.3 Å². The highest BCUT2D eigenvalue weighted by atomic mass is 79.9. The van der Waals surface area contributed by atoms with Gasteiger partial charge in [0.1, 0.15) is 10.8 Å². The number of rotatable bonds is 4. The minimum Gasteiger partial charge on any atom is -0.451 e. The molecule has 1 aliphatic rings. The number of thiophene rings is 1. The number of furan rings is 1. The smallest absolute Gasteiger partial charge is 0.292 e. The lowest BCUT2D eigenvalue weighted by atomic mass is 9.88. The van der Waals surface area contributed by atoms with E-state index in [-0.39, 0.29) is 5.76 Å². The average Bonchev–Trinajstić information content (AvgIpc) is 3.26. The second-order valence-electron chi connectivity index (χ2n) is 7.05. The van der Waals surface area contributed by atoms with Gasteiger partial charge in [0, 0.05) is 14.9 Å². The van der Waals surface area contributed by atoms with Gasteiger partial charge in [-0.2, -0.15) is 0 Å². The van der Waals surface area contributed by atoms with Crippen molar-refractivity contribution in [3.63, 3.8) is 0 Å². The lowest BCUT2D eigenvalue weighted by Gasteiger charge is -2.18. The summed E-state index contributed by atoms with van der Waals surface area (Å²) in [5.74, 6) is 0.462. The van der Waals surface area contributed by atoms with Crippen molar-refractivity contribution in [1.82, 2.24) is 0 Å². The van der Waals surface area contributed by atoms with Gasteiger partial charge in [-0.25, -0.2) is 0 Å². The Kier molecular flexibility index (Phi) is 5.12. The van der Waals surface area contributed by atoms with Crippen molar-refractivity contribution in [2.75, 3.05) is 5.32 Å². The molecule has 0 saturated carbocycles. The highest BCUT2D eigenvalue weighted by molar-refractivity contribution is 9.10. The molecule has 3 N–H and O–H groups in total. The predicted octanol–water partition coefficient (Wildman–Crippen LogP) is 5.25. The van der Waals surface area contributed by atoms with E-state index in [2.05, 4.69) is 28.2 Å². The van der Waals surface area contributed by atoms with Crippen LogP contribution in [0.1, 0.15) is 44.7 Å². The Morgan fingerprint density at radius 1 is 1.21 bits per heavy atom. The number of hydrogen-bond donors (Lipinski definition) is 2. The van der Waals surface area contributed by atoms with Crippen LogP contribution in [-0.4, -0.2) is 11.8 Å². The van der Waals surface area contributed by atoms with Crippen LogP contribution in [0.3, 0.4) is 0 Å². The SMILES string of the molecule is C[C@@H]1CCc2c(sc(NC(=O)c3ccc(-c4ccc(Br)cc4)o3)c2C(N)=O)C1. The Morgan fingerprint density at radius 2 is 1.96 bits per heavy atom. The lowest BCUT2D eigenvalue weighted by Crippen LogP contribution is -2.19. The molecule has 0 bridgehead atoms. The number of carbonyl (C=O) groups is 2. The molecular weight excluding hydrogens is 440 g/mol. The number of benzene rings is 1. The van der Waals surface area contributed by atoms with Crippen LogP contribution in [0.2, 0.25) is 0 Å². The maximum absolute atomic E-state index is 12.7. The number of primary amides is 1. The van der Waals surface area contributed by atoms with E-state index in [1.165, 1.54) is 11.3 Å². The van der Waals surface area contributed by atoms with Crippen LogP contribution < -0.4 is 11.1 Å². The summed E-state index contributed by atoms with van der Waals surface area (Å²) in [6.45, 7) is 2.19. The van der Waals surface area contributed by atoms with Crippen molar-refractivity contribution in [2.45, 2.75) is 26.2 Å². The van der Waals surface area contributed by atoms with Gasteiger partial charge in [0.05, 0.1) is 5.56 Å². The van der Waals surface area contributed by atoms with Gasteiger partial charge in [-0.1, -0.05) is 35.0 Å². The van der Waals surface area contributed by atoms with Crippen molar-refractivity contribution < 1.29 is 14.0 Å². The molecule has 0 spiro atoms. The van der Waals surface area contributed by atoms with Crippen LogP contribution in [0.25, 0.3) is 11.3 Å². The van der Waals surface area contributed by atoms with Gasteiger partial charge >= 0.3 is 0 Å². The highest BCUT2D eigenvalue weighted by Gasteiger charge is 2.27. The van der Waals surface area contributed by atoms with Crippen LogP contribution in [0.15, 0.2) is 45.3 Å². The van der Waals surface area contributed by atoms with Crippen molar-refractivity contribution in [3.05, 3.63) is 62.6 Å². The summed E-state index contributed by atoms with van der Waals surface area (Å²) in [5, 5.41) is 3.34. The molecule has 0 saturated heterocycles. The van der Waals surface area contributed by atoms with Crippen LogP contribution in [0.5, 0.6) is 0 Å². The second-order valence-corrected chi connectivity index (χ2v) is 9.07. The monoisotopic (exact) mass is 458 g/mol. The first-order valence-electron chi connectivity index (χ1n) is 9.04. The quantitative estimate of drug-likeness (QED) is 0.559. The lowest BCUT2D eigenvalue weighted by molar-refractivity contribution is 0.0998. The van der Waals surface area contributed by atoms with Crippen LogP contribution in [0, 0.1) is 5.92 Å². The number of amides is 2. The highest BCUT2D eigenvalue weighted by Crippen LogP contribution is 2.39. The molecule has 4 rings (SSSR count). The van der Waals surface area contributed by atoms with Gasteiger partial charge in [-0.05, 0) is 55.0 Å². The second kappa shape index (κ2) is 7.56. The van der Waals surface area contributed by atoms with Crippen molar-refractivity contribution in [3.8, 4) is 11.3 Å². The predicted molar refractivity (Wildman–Crippen MR) is 114 cm³/mol. The Hall–Kier alpha value is -2.38. The summed E-state index contributed by atoms with van der Waals surface area (Å²) in [6.07, 6.45) is 2.74. The fourth-order valence-electron chi connectivity index (χ4n) is 3.49. The van der Waals surface area contributed by atoms with Crippen molar-refractivity contribution >= 4 is 44.1 Å². The summed E-state index contributed by atoms with van der Waals surface area (Å²) in [7, 11) is 0. The van der Waals surface area contributed by atoms with Crippen LogP contribution in [-0.2, 0) is 12.8 Å². The first-order chi connectivity index (χ1) is 13.4. The van der Waals surface area contributed by atoms with E-state index in [1.54, 1.807) is 12.1 Å². The van der Waals surface area contributed by atoms with Gasteiger partial charge in [0.15, 0.2) is 5.76 Å². The zero-order chi connectivity index (χ0) is 19.8. The van der Waals surface area contributed by atoms with Gasteiger partial charge in [-0.15, -0.1) is 11.3 Å². The minimum atomic E-state index is -0.502. The Morgan fingerprint density at radius 3 is 2.68 bits per heavy atom. The molecule has 144 valence electrons. The zero-order valence-corrected chi connectivity index (χ0v) is 17.7. The van der Waals surface area contributed by atoms with Crippen LogP contribution in [0.4, 0.5) is 5.00 Å². The van der Waals surface area contributed by atoms with E-state index in [4.69, 9.17) is 10.2 Å². The number of anilines is 1. The molecule has 2 heterocycles. The average molecular weight is 459 g/mol. The summed E-state index contributed by atoms with van der Waals surface area (Å²) < 4.78 is 6.69. The molecule has 28 heavy (non-hydrogen) atoms. The van der Waals surface area contributed by atoms with Gasteiger partial charge < -0.3 is 15.5 Å². The molecule has 1 atom stereocenters. The normalized spacial score (nSPS) is 15.9. The number of carbonyl (C=O) groups excluding carboxylic acids is 2. The van der Waals surface area contributed by atoms with E-state index in [0.29, 0.717) is 22.2 Å². The number of nitrogens with one attached hydrogen (secondary N) is 1. The molecule has 0 fully saturated rings. The van der Waals surface area contributed by atoms with Crippen LogP contribution >= 0.6 is 27.3 Å². The number of halogens is 1. The fourth-order valence-corrected chi connectivity index (χ4v) is 5.17. The molecule has 2 amide bonds. The van der Waals surface area contributed by atoms with Gasteiger partial charge in [0.25, 0.3) is 11.8 Å². The van der Waals surface area contributed by atoms with Crippen molar-refractivity contribution in [2.24, 2.45) is 11.7 Å². The van der Waals surface area contributed by atoms with Crippen molar-refractivity contribution in [1.29, 1.82) is 0 Å². The maximum atomic E-state index is 12.7. The third kappa shape index (κ3) is 3.64. The zero-order valence-electron chi connectivity index (χ0n) is 15.3. The van der Waals surface area contributed by atoms with E-state index >= 15 is 0 Å². The molecule has 7 heteroatoms. The molecule has 3 aromatic rings. The third-order valence-electron chi connectivity index (χ3n) is 4.94. The van der Waals surface area contributed by atoms with E-state index in [1.807, 2.05) is 24.3 Å². The first-order valence-corrected chi connectivity index (χ1v) is 10.6. The Balaban J connectivity index is 1.59. The summed E-state index contributed by atoms with van der Waals surface area (Å²) in [4.78, 5) is 25.9. The van der Waals surface area contributed by atoms with Gasteiger partial charge in [-0.3, -0.25) is 9.59 Å². The van der Waals surface area contributed by atoms with E-state index in [9.17, 15) is 9.59 Å². The molecule has 1 aromatic carbocycles. The van der Waals surface area contributed by atoms with E-state index in [0.717, 1.165) is 39.7 Å². The number of nitrogens with two attached hydrogens (primary N) is 1. The number of fused-ring (bicyclic) bond motifs is 1. The standard InChI is InChI=1S/C21H19BrN2O3S/c1-11-2-7-14-17(10-11)28-21(18(14)19(23)25)24-20(26)16-9-8-15(27-16)12-3-5-13(22)6-4-12/h3-6,8-9,11H,2,7,10H2,1H3,(H2,23,25)(H,24,26)/t11-/m1/s1. The summed E-state index contributed by atoms with van der Waals surface area (Å²) >= 11 is 4.84. The summed E-state index contributed by atoms with van der Waals surface area (Å²) in [5.41, 5.74) is 7.92. The molecule has 0 unspecified atom stereocenters. The fraction of sp³-hybridized carbons (Fsp3) is 0.238. The van der Waals surface area contributed by atoms with E-state index < -0.39 is 11.8 Å². The third-order valence-corrected chi connectivity index (χ3v) is 6.64. The largest absolute Gasteiger partial charge is 0.451 e. The molecule has 2 aromatic heterocycles. The Bertz CT molecular complexity index is 1050. The number of hydrogen-bond acceptors (Lipinski definition) is 4. The maximum Gasteiger partial charge on any atom is 0.292 e.